The zero-order chi connectivity index (χ0) is 71.9. The van der Waals surface area contributed by atoms with Gasteiger partial charge in [-0.1, -0.05) is 369 Å². The lowest BCUT2D eigenvalue weighted by Crippen LogP contribution is -2.30. The van der Waals surface area contributed by atoms with Crippen molar-refractivity contribution in [3.8, 4) is 0 Å². The fourth-order valence-electron chi connectivity index (χ4n) is 12.2. The van der Waals surface area contributed by atoms with Gasteiger partial charge < -0.3 is 33.8 Å². The van der Waals surface area contributed by atoms with Gasteiger partial charge in [-0.25, -0.2) is 9.13 Å². The van der Waals surface area contributed by atoms with E-state index in [-0.39, 0.29) is 25.7 Å². The average molecular weight is 1440 g/mol. The zero-order valence-corrected chi connectivity index (χ0v) is 65.7. The number of phosphoric acid groups is 2. The van der Waals surface area contributed by atoms with Gasteiger partial charge in [-0.15, -0.1) is 0 Å². The summed E-state index contributed by atoms with van der Waals surface area (Å²) in [6.07, 6.45) is 62.5. The number of rotatable bonds is 79. The maximum atomic E-state index is 13.1. The van der Waals surface area contributed by atoms with Crippen LogP contribution in [0.2, 0.25) is 0 Å². The van der Waals surface area contributed by atoms with E-state index in [0.29, 0.717) is 25.7 Å². The number of unbranched alkanes of at least 4 members (excludes halogenated alkanes) is 51. The third-order valence-electron chi connectivity index (χ3n) is 18.5. The van der Waals surface area contributed by atoms with Crippen molar-refractivity contribution in [1.82, 2.24) is 0 Å². The number of carbonyl (C=O) groups is 4. The minimum absolute atomic E-state index is 0.108. The molecule has 3 N–H and O–H groups in total. The summed E-state index contributed by atoms with van der Waals surface area (Å²) >= 11 is 0. The Morgan fingerprint density at radius 2 is 0.469 bits per heavy atom. The summed E-state index contributed by atoms with van der Waals surface area (Å²) in [7, 11) is -9.91. The Morgan fingerprint density at radius 3 is 0.694 bits per heavy atom. The van der Waals surface area contributed by atoms with Crippen LogP contribution in [-0.4, -0.2) is 96.7 Å². The van der Waals surface area contributed by atoms with Crippen LogP contribution in [0, 0.1) is 5.92 Å². The standard InChI is InChI=1S/C79H154O17P2/c1-6-9-12-15-18-21-23-25-27-28-29-30-31-32-36-41-45-50-55-60-65-79(84)96-75(69-90-77(82)63-58-53-48-43-39-37-33-34-38-42-46-51-56-61-72(4)5)71-94-98(87,88)92-67-73(80)66-91-97(85,86)93-70-74(68-89-76(81)62-57-52-47-20-17-14-11-8-3)95-78(83)64-59-54-49-44-40-35-26-24-22-19-16-13-10-7-2/h72-75,80H,6-71H2,1-5H3,(H,85,86)(H,87,88)/t73-,74+,75+/m0/s1. The van der Waals surface area contributed by atoms with Crippen LogP contribution in [0.25, 0.3) is 0 Å². The molecule has 0 radical (unpaired) electrons. The van der Waals surface area contributed by atoms with Gasteiger partial charge in [0.1, 0.15) is 19.3 Å². The summed E-state index contributed by atoms with van der Waals surface area (Å²) in [5, 5.41) is 10.6. The average Bonchev–Trinajstić information content (AvgIpc) is 1.06. The van der Waals surface area contributed by atoms with E-state index in [2.05, 4.69) is 34.6 Å². The first-order valence-corrected chi connectivity index (χ1v) is 44.1. The van der Waals surface area contributed by atoms with E-state index in [0.717, 1.165) is 102 Å². The maximum Gasteiger partial charge on any atom is 0.472 e. The summed E-state index contributed by atoms with van der Waals surface area (Å²) in [4.78, 5) is 72.8. The Balaban J connectivity index is 5.20. The van der Waals surface area contributed by atoms with Crippen molar-refractivity contribution in [2.45, 2.75) is 438 Å². The van der Waals surface area contributed by atoms with Crippen LogP contribution in [0.4, 0.5) is 0 Å². The molecular weight excluding hydrogens is 1280 g/mol. The molecule has 0 aliphatic heterocycles. The molecule has 0 bridgehead atoms. The van der Waals surface area contributed by atoms with E-state index in [9.17, 15) is 43.2 Å². The van der Waals surface area contributed by atoms with Crippen molar-refractivity contribution in [1.29, 1.82) is 0 Å². The quantitative estimate of drug-likeness (QED) is 0.0222. The van der Waals surface area contributed by atoms with Gasteiger partial charge in [0.05, 0.1) is 26.4 Å². The predicted molar refractivity (Wildman–Crippen MR) is 400 cm³/mol. The van der Waals surface area contributed by atoms with Crippen LogP contribution in [0.15, 0.2) is 0 Å². The molecule has 0 spiro atoms. The normalized spacial score (nSPS) is 13.9. The lowest BCUT2D eigenvalue weighted by molar-refractivity contribution is -0.161. The van der Waals surface area contributed by atoms with Gasteiger partial charge in [-0.2, -0.15) is 0 Å². The van der Waals surface area contributed by atoms with E-state index in [1.165, 1.54) is 238 Å². The third-order valence-corrected chi connectivity index (χ3v) is 20.4. The highest BCUT2D eigenvalue weighted by molar-refractivity contribution is 7.47. The Hall–Kier alpha value is -1.94. The number of aliphatic hydroxyl groups is 1. The maximum absolute atomic E-state index is 13.1. The van der Waals surface area contributed by atoms with Crippen LogP contribution in [0.1, 0.15) is 420 Å². The van der Waals surface area contributed by atoms with E-state index >= 15 is 0 Å². The van der Waals surface area contributed by atoms with Gasteiger partial charge in [0, 0.05) is 25.7 Å². The van der Waals surface area contributed by atoms with Crippen LogP contribution in [-0.2, 0) is 65.4 Å². The number of hydrogen-bond acceptors (Lipinski definition) is 15. The van der Waals surface area contributed by atoms with Crippen molar-refractivity contribution < 1.29 is 80.2 Å². The number of hydrogen-bond donors (Lipinski definition) is 3. The Bertz CT molecular complexity index is 1870. The SMILES string of the molecule is CCCCCCCCCCCCCCCCCCCCCCC(=O)O[C@H](COC(=O)CCCCCCCCCCCCCCCC(C)C)COP(=O)(O)OC[C@@H](O)COP(=O)(O)OC[C@@H](COC(=O)CCCCCCCCCC)OC(=O)CCCCCCCCCCCCCCCC. The molecule has 5 atom stereocenters. The van der Waals surface area contributed by atoms with Crippen LogP contribution in [0.5, 0.6) is 0 Å². The first-order chi connectivity index (χ1) is 47.5. The molecule has 0 saturated carbocycles. The molecule has 19 heteroatoms. The van der Waals surface area contributed by atoms with Gasteiger partial charge in [-0.3, -0.25) is 37.3 Å². The van der Waals surface area contributed by atoms with E-state index in [1.807, 2.05) is 0 Å². The Labute approximate surface area is 600 Å². The lowest BCUT2D eigenvalue weighted by atomic mass is 10.0. The molecule has 0 aliphatic rings. The molecule has 0 saturated heterocycles. The highest BCUT2D eigenvalue weighted by Crippen LogP contribution is 2.45. The molecule has 0 heterocycles. The molecule has 0 rings (SSSR count). The topological polar surface area (TPSA) is 237 Å². The third kappa shape index (κ3) is 72.4. The highest BCUT2D eigenvalue weighted by atomic mass is 31.2. The van der Waals surface area contributed by atoms with E-state index in [4.69, 9.17) is 37.0 Å². The number of aliphatic hydroxyl groups excluding tert-OH is 1. The lowest BCUT2D eigenvalue weighted by Gasteiger charge is -2.21. The predicted octanol–water partition coefficient (Wildman–Crippen LogP) is 23.6. The van der Waals surface area contributed by atoms with Gasteiger partial charge in [0.2, 0.25) is 0 Å². The molecule has 0 fully saturated rings. The Kier molecular flexibility index (Phi) is 70.6. The Morgan fingerprint density at radius 1 is 0.276 bits per heavy atom. The van der Waals surface area contributed by atoms with Gasteiger partial charge >= 0.3 is 39.5 Å². The molecule has 17 nitrogen and oxygen atoms in total. The summed E-state index contributed by atoms with van der Waals surface area (Å²) in [5.74, 6) is -1.32. The van der Waals surface area contributed by atoms with Crippen molar-refractivity contribution in [2.75, 3.05) is 39.6 Å². The minimum atomic E-state index is -4.96. The molecular formula is C79H154O17P2. The smallest absolute Gasteiger partial charge is 0.462 e. The number of phosphoric ester groups is 2. The molecule has 0 aromatic heterocycles. The van der Waals surface area contributed by atoms with Crippen molar-refractivity contribution in [3.63, 3.8) is 0 Å². The molecule has 0 aromatic rings. The summed E-state index contributed by atoms with van der Waals surface area (Å²) in [6, 6.07) is 0. The number of ether oxygens (including phenoxy) is 4. The van der Waals surface area contributed by atoms with Crippen LogP contribution in [0.3, 0.4) is 0 Å². The summed E-state index contributed by atoms with van der Waals surface area (Å²) < 4.78 is 68.6. The van der Waals surface area contributed by atoms with Gasteiger partial charge in [0.25, 0.3) is 0 Å². The van der Waals surface area contributed by atoms with E-state index < -0.39 is 97.5 Å². The molecule has 2 unspecified atom stereocenters. The molecule has 0 amide bonds. The van der Waals surface area contributed by atoms with Crippen molar-refractivity contribution in [3.05, 3.63) is 0 Å². The van der Waals surface area contributed by atoms with Crippen molar-refractivity contribution >= 4 is 39.5 Å². The van der Waals surface area contributed by atoms with Crippen LogP contribution >= 0.6 is 15.6 Å². The number of esters is 4. The second-order valence-electron chi connectivity index (χ2n) is 28.9. The van der Waals surface area contributed by atoms with Gasteiger partial charge in [-0.05, 0) is 31.6 Å². The monoisotopic (exact) mass is 1440 g/mol. The second kappa shape index (κ2) is 72.0. The first kappa shape index (κ1) is 96.1. The number of carbonyl (C=O) groups excluding carboxylic acids is 4. The minimum Gasteiger partial charge on any atom is -0.462 e. The largest absolute Gasteiger partial charge is 0.472 e. The van der Waals surface area contributed by atoms with Crippen molar-refractivity contribution in [2.24, 2.45) is 5.92 Å². The summed E-state index contributed by atoms with van der Waals surface area (Å²) in [5.41, 5.74) is 0. The molecule has 0 aliphatic carbocycles. The molecule has 98 heavy (non-hydrogen) atoms. The second-order valence-corrected chi connectivity index (χ2v) is 31.8. The molecule has 0 aromatic carbocycles. The zero-order valence-electron chi connectivity index (χ0n) is 63.9. The highest BCUT2D eigenvalue weighted by Gasteiger charge is 2.30. The van der Waals surface area contributed by atoms with E-state index in [1.54, 1.807) is 0 Å². The summed E-state index contributed by atoms with van der Waals surface area (Å²) in [6.45, 7) is 7.31. The fraction of sp³-hybridized carbons (Fsp3) is 0.949. The van der Waals surface area contributed by atoms with Gasteiger partial charge in [0.15, 0.2) is 12.2 Å². The fourth-order valence-corrected chi connectivity index (χ4v) is 13.8. The van der Waals surface area contributed by atoms with Crippen LogP contribution < -0.4 is 0 Å². The molecule has 582 valence electrons. The first-order valence-electron chi connectivity index (χ1n) is 41.1.